The molecule has 136 valence electrons. The normalized spacial score (nSPS) is 17.0. The van der Waals surface area contributed by atoms with Crippen LogP contribution in [0.2, 0.25) is 0 Å². The standard InChI is InChI=1S/C17H26BrN3O2.HI/c1-19-16(20-9-12-22-2)21-13-17(7-10-23-11-8-17)14-3-5-15(18)6-4-14;/h3-6H,7-13H2,1-2H3,(H2,19,20,21);1H. The number of hydrogen-bond donors (Lipinski definition) is 2. The molecule has 0 saturated carbocycles. The van der Waals surface area contributed by atoms with Gasteiger partial charge in [0, 0.05) is 50.3 Å². The largest absolute Gasteiger partial charge is 0.383 e. The fraction of sp³-hybridized carbons (Fsp3) is 0.588. The first kappa shape index (κ1) is 21.7. The summed E-state index contributed by atoms with van der Waals surface area (Å²) in [5.74, 6) is 0.810. The van der Waals surface area contributed by atoms with Crippen LogP contribution in [-0.4, -0.2) is 53.0 Å². The topological polar surface area (TPSA) is 54.9 Å². The Bertz CT molecular complexity index is 505. The Morgan fingerprint density at radius 2 is 1.92 bits per heavy atom. The van der Waals surface area contributed by atoms with Crippen molar-refractivity contribution in [3.8, 4) is 0 Å². The molecule has 1 aliphatic rings. The third-order valence-corrected chi connectivity index (χ3v) is 4.85. The molecule has 0 aromatic heterocycles. The van der Waals surface area contributed by atoms with Crippen LogP contribution in [0.15, 0.2) is 33.7 Å². The van der Waals surface area contributed by atoms with E-state index in [4.69, 9.17) is 9.47 Å². The number of ether oxygens (including phenoxy) is 2. The Morgan fingerprint density at radius 1 is 1.25 bits per heavy atom. The molecule has 1 aromatic carbocycles. The van der Waals surface area contributed by atoms with Crippen LogP contribution in [0.25, 0.3) is 0 Å². The SMILES string of the molecule is CN=C(NCCOC)NCC1(c2ccc(Br)cc2)CCOCC1.I. The fourth-order valence-corrected chi connectivity index (χ4v) is 3.14. The van der Waals surface area contributed by atoms with Crippen LogP contribution < -0.4 is 10.6 Å². The maximum Gasteiger partial charge on any atom is 0.191 e. The Labute approximate surface area is 170 Å². The van der Waals surface area contributed by atoms with Crippen molar-refractivity contribution >= 4 is 45.9 Å². The molecule has 0 unspecified atom stereocenters. The molecule has 0 bridgehead atoms. The zero-order valence-corrected chi connectivity index (χ0v) is 18.2. The molecule has 2 rings (SSSR count). The van der Waals surface area contributed by atoms with Gasteiger partial charge in [0.1, 0.15) is 0 Å². The van der Waals surface area contributed by atoms with E-state index in [0.717, 1.165) is 49.6 Å². The number of benzene rings is 1. The third kappa shape index (κ3) is 6.16. The molecule has 0 radical (unpaired) electrons. The average Bonchev–Trinajstić information content (AvgIpc) is 2.59. The van der Waals surface area contributed by atoms with Gasteiger partial charge in [0.15, 0.2) is 5.96 Å². The van der Waals surface area contributed by atoms with Gasteiger partial charge < -0.3 is 20.1 Å². The smallest absolute Gasteiger partial charge is 0.191 e. The molecule has 1 saturated heterocycles. The highest BCUT2D eigenvalue weighted by Crippen LogP contribution is 2.34. The number of methoxy groups -OCH3 is 1. The van der Waals surface area contributed by atoms with Crippen molar-refractivity contribution in [2.45, 2.75) is 18.3 Å². The summed E-state index contributed by atoms with van der Waals surface area (Å²) in [6.45, 7) is 3.84. The lowest BCUT2D eigenvalue weighted by molar-refractivity contribution is 0.0513. The molecule has 0 atom stereocenters. The second-order valence-electron chi connectivity index (χ2n) is 5.74. The van der Waals surface area contributed by atoms with Crippen molar-refractivity contribution in [1.82, 2.24) is 10.6 Å². The van der Waals surface area contributed by atoms with Crippen molar-refractivity contribution < 1.29 is 9.47 Å². The van der Waals surface area contributed by atoms with Crippen molar-refractivity contribution in [3.05, 3.63) is 34.3 Å². The molecule has 2 N–H and O–H groups in total. The molecule has 0 aliphatic carbocycles. The van der Waals surface area contributed by atoms with Gasteiger partial charge >= 0.3 is 0 Å². The van der Waals surface area contributed by atoms with Crippen LogP contribution in [0.5, 0.6) is 0 Å². The van der Waals surface area contributed by atoms with Crippen molar-refractivity contribution in [2.24, 2.45) is 4.99 Å². The van der Waals surface area contributed by atoms with Crippen LogP contribution in [0, 0.1) is 0 Å². The van der Waals surface area contributed by atoms with E-state index in [-0.39, 0.29) is 29.4 Å². The summed E-state index contributed by atoms with van der Waals surface area (Å²) in [5.41, 5.74) is 1.43. The van der Waals surface area contributed by atoms with Crippen LogP contribution in [0.1, 0.15) is 18.4 Å². The van der Waals surface area contributed by atoms with E-state index >= 15 is 0 Å². The molecule has 0 amide bonds. The number of aliphatic imine (C=N–C) groups is 1. The third-order valence-electron chi connectivity index (χ3n) is 4.32. The van der Waals surface area contributed by atoms with Crippen molar-refractivity contribution in [2.75, 3.05) is 47.1 Å². The minimum absolute atomic E-state index is 0. The van der Waals surface area contributed by atoms with E-state index in [1.165, 1.54) is 5.56 Å². The predicted octanol–water partition coefficient (Wildman–Crippen LogP) is 2.93. The first-order valence-corrected chi connectivity index (χ1v) is 8.77. The molecular formula is C17H27BrIN3O2. The Balaban J connectivity index is 0.00000288. The number of rotatable bonds is 6. The van der Waals surface area contributed by atoms with Gasteiger partial charge in [-0.1, -0.05) is 28.1 Å². The zero-order valence-electron chi connectivity index (χ0n) is 14.3. The number of halogens is 2. The summed E-state index contributed by atoms with van der Waals surface area (Å²) in [6, 6.07) is 8.63. The summed E-state index contributed by atoms with van der Waals surface area (Å²) in [6.07, 6.45) is 2.02. The van der Waals surface area contributed by atoms with E-state index in [1.807, 2.05) is 0 Å². The highest BCUT2D eigenvalue weighted by Gasteiger charge is 2.34. The van der Waals surface area contributed by atoms with Crippen molar-refractivity contribution in [1.29, 1.82) is 0 Å². The summed E-state index contributed by atoms with van der Waals surface area (Å²) in [4.78, 5) is 4.28. The van der Waals surface area contributed by atoms with Gasteiger partial charge in [0.05, 0.1) is 6.61 Å². The fourth-order valence-electron chi connectivity index (χ4n) is 2.88. The number of nitrogens with one attached hydrogen (secondary N) is 2. The number of guanidine groups is 1. The summed E-state index contributed by atoms with van der Waals surface area (Å²) in [7, 11) is 3.49. The first-order valence-electron chi connectivity index (χ1n) is 7.97. The minimum Gasteiger partial charge on any atom is -0.383 e. The number of hydrogen-bond acceptors (Lipinski definition) is 3. The summed E-state index contributed by atoms with van der Waals surface area (Å²) >= 11 is 3.51. The Morgan fingerprint density at radius 3 is 2.50 bits per heavy atom. The molecule has 1 fully saturated rings. The molecular weight excluding hydrogens is 485 g/mol. The van der Waals surface area contributed by atoms with Crippen molar-refractivity contribution in [3.63, 3.8) is 0 Å². The monoisotopic (exact) mass is 511 g/mol. The maximum absolute atomic E-state index is 5.58. The van der Waals surface area contributed by atoms with Gasteiger partial charge in [-0.3, -0.25) is 4.99 Å². The highest BCUT2D eigenvalue weighted by atomic mass is 127. The van der Waals surface area contributed by atoms with Gasteiger partial charge in [0.2, 0.25) is 0 Å². The lowest BCUT2D eigenvalue weighted by Gasteiger charge is -2.38. The van der Waals surface area contributed by atoms with E-state index in [0.29, 0.717) is 6.61 Å². The first-order chi connectivity index (χ1) is 11.2. The predicted molar refractivity (Wildman–Crippen MR) is 113 cm³/mol. The Kier molecular flexibility index (Phi) is 10.2. The average molecular weight is 512 g/mol. The quantitative estimate of drug-likeness (QED) is 0.267. The van der Waals surface area contributed by atoms with Gasteiger partial charge in [-0.25, -0.2) is 0 Å². The van der Waals surface area contributed by atoms with E-state index < -0.39 is 0 Å². The van der Waals surface area contributed by atoms with Gasteiger partial charge in [0.25, 0.3) is 0 Å². The molecule has 5 nitrogen and oxygen atoms in total. The molecule has 7 heteroatoms. The summed E-state index contributed by atoms with van der Waals surface area (Å²) in [5, 5.41) is 6.73. The Hall–Kier alpha value is -0.380. The summed E-state index contributed by atoms with van der Waals surface area (Å²) < 4.78 is 11.8. The molecule has 1 aromatic rings. The van der Waals surface area contributed by atoms with Crippen LogP contribution in [0.4, 0.5) is 0 Å². The second-order valence-corrected chi connectivity index (χ2v) is 6.66. The lowest BCUT2D eigenvalue weighted by Crippen LogP contribution is -2.48. The molecule has 1 heterocycles. The highest BCUT2D eigenvalue weighted by molar-refractivity contribution is 14.0. The lowest BCUT2D eigenvalue weighted by atomic mass is 9.74. The van der Waals surface area contributed by atoms with Gasteiger partial charge in [-0.2, -0.15) is 0 Å². The van der Waals surface area contributed by atoms with Crippen LogP contribution in [-0.2, 0) is 14.9 Å². The zero-order chi connectivity index (χ0) is 16.5. The number of nitrogens with zero attached hydrogens (tertiary/aromatic N) is 1. The second kappa shape index (κ2) is 11.3. The van der Waals surface area contributed by atoms with E-state index in [9.17, 15) is 0 Å². The van der Waals surface area contributed by atoms with Gasteiger partial charge in [-0.15, -0.1) is 24.0 Å². The van der Waals surface area contributed by atoms with Crippen LogP contribution >= 0.6 is 39.9 Å². The maximum atomic E-state index is 5.58. The van der Waals surface area contributed by atoms with E-state index in [1.54, 1.807) is 14.2 Å². The molecule has 0 spiro atoms. The minimum atomic E-state index is 0. The van der Waals surface area contributed by atoms with E-state index in [2.05, 4.69) is 55.8 Å². The molecule has 1 aliphatic heterocycles. The van der Waals surface area contributed by atoms with Gasteiger partial charge in [-0.05, 0) is 30.5 Å². The van der Waals surface area contributed by atoms with Crippen LogP contribution in [0.3, 0.4) is 0 Å². The molecule has 24 heavy (non-hydrogen) atoms.